The molecular weight excluding hydrogens is 386 g/mol. The third-order valence-corrected chi connectivity index (χ3v) is 5.64. The van der Waals surface area contributed by atoms with Gasteiger partial charge in [-0.05, 0) is 42.8 Å². The van der Waals surface area contributed by atoms with E-state index in [0.717, 1.165) is 22.4 Å². The number of rotatable bonds is 4. The maximum absolute atomic E-state index is 12.7. The van der Waals surface area contributed by atoms with Crippen molar-refractivity contribution >= 4 is 55.8 Å². The Morgan fingerprint density at radius 2 is 2.15 bits per heavy atom. The predicted octanol–water partition coefficient (Wildman–Crippen LogP) is 4.34. The highest BCUT2D eigenvalue weighted by Gasteiger charge is 2.24. The number of hydrogen-bond donors (Lipinski definition) is 1. The van der Waals surface area contributed by atoms with E-state index in [4.69, 9.17) is 16.3 Å². The summed E-state index contributed by atoms with van der Waals surface area (Å²) in [7, 11) is 1.61. The fraction of sp³-hybridized carbons (Fsp3) is 0.211. The molecule has 2 amide bonds. The topological polar surface area (TPSA) is 71.5 Å². The number of halogens is 1. The average molecular weight is 402 g/mol. The SMILES string of the molecule is COc1ccc2nc(NC(=O)c3ccc(Cl)c(N4CCCC4=O)c3)sc2c1. The third kappa shape index (κ3) is 3.48. The minimum absolute atomic E-state index is 0.0228. The first-order chi connectivity index (χ1) is 13.0. The molecule has 1 aromatic heterocycles. The van der Waals surface area contributed by atoms with Crippen molar-refractivity contribution in [1.82, 2.24) is 4.98 Å². The summed E-state index contributed by atoms with van der Waals surface area (Å²) in [6.07, 6.45) is 1.29. The standard InChI is InChI=1S/C19H16ClN3O3S/c1-26-12-5-7-14-16(10-12)27-19(21-14)22-18(25)11-4-6-13(20)15(9-11)23-8-2-3-17(23)24/h4-7,9-10H,2-3,8H2,1H3,(H,21,22,25). The summed E-state index contributed by atoms with van der Waals surface area (Å²) in [4.78, 5) is 30.7. The van der Waals surface area contributed by atoms with Crippen molar-refractivity contribution in [3.05, 3.63) is 47.0 Å². The number of carbonyl (C=O) groups excluding carboxylic acids is 2. The highest BCUT2D eigenvalue weighted by molar-refractivity contribution is 7.22. The number of amides is 2. The molecule has 2 aromatic carbocycles. The van der Waals surface area contributed by atoms with Crippen molar-refractivity contribution in [2.24, 2.45) is 0 Å². The van der Waals surface area contributed by atoms with Crippen LogP contribution in [0.3, 0.4) is 0 Å². The molecule has 8 heteroatoms. The second-order valence-electron chi connectivity index (χ2n) is 6.12. The molecule has 0 unspecified atom stereocenters. The Labute approximate surface area is 164 Å². The van der Waals surface area contributed by atoms with Crippen LogP contribution < -0.4 is 15.0 Å². The lowest BCUT2D eigenvalue weighted by Crippen LogP contribution is -2.24. The number of benzene rings is 2. The largest absolute Gasteiger partial charge is 0.497 e. The number of ether oxygens (including phenoxy) is 1. The molecule has 1 aliphatic rings. The lowest BCUT2D eigenvalue weighted by Gasteiger charge is -2.18. The van der Waals surface area contributed by atoms with E-state index in [9.17, 15) is 9.59 Å². The van der Waals surface area contributed by atoms with Gasteiger partial charge in [0, 0.05) is 18.5 Å². The first-order valence-corrected chi connectivity index (χ1v) is 9.60. The Morgan fingerprint density at radius 1 is 1.30 bits per heavy atom. The van der Waals surface area contributed by atoms with Gasteiger partial charge in [0.15, 0.2) is 5.13 Å². The molecule has 1 fully saturated rings. The van der Waals surface area contributed by atoms with Crippen LogP contribution >= 0.6 is 22.9 Å². The van der Waals surface area contributed by atoms with Gasteiger partial charge in [0.1, 0.15) is 5.75 Å². The number of carbonyl (C=O) groups is 2. The maximum Gasteiger partial charge on any atom is 0.257 e. The molecule has 27 heavy (non-hydrogen) atoms. The van der Waals surface area contributed by atoms with E-state index in [1.165, 1.54) is 11.3 Å². The fourth-order valence-electron chi connectivity index (χ4n) is 3.02. The molecular formula is C19H16ClN3O3S. The van der Waals surface area contributed by atoms with Gasteiger partial charge in [0.05, 0.1) is 28.0 Å². The van der Waals surface area contributed by atoms with E-state index in [-0.39, 0.29) is 11.8 Å². The molecule has 0 spiro atoms. The number of fused-ring (bicyclic) bond motifs is 1. The Kier molecular flexibility index (Phi) is 4.72. The van der Waals surface area contributed by atoms with Gasteiger partial charge in [-0.1, -0.05) is 22.9 Å². The van der Waals surface area contributed by atoms with Gasteiger partial charge in [-0.25, -0.2) is 4.98 Å². The van der Waals surface area contributed by atoms with Crippen molar-refractivity contribution in [2.75, 3.05) is 23.9 Å². The molecule has 1 aliphatic heterocycles. The highest BCUT2D eigenvalue weighted by Crippen LogP contribution is 2.32. The van der Waals surface area contributed by atoms with Gasteiger partial charge < -0.3 is 9.64 Å². The molecule has 0 bridgehead atoms. The van der Waals surface area contributed by atoms with Gasteiger partial charge in [-0.3, -0.25) is 14.9 Å². The second kappa shape index (κ2) is 7.17. The van der Waals surface area contributed by atoms with Crippen LogP contribution in [-0.4, -0.2) is 30.5 Å². The molecule has 0 saturated carbocycles. The molecule has 1 saturated heterocycles. The Hall–Kier alpha value is -2.64. The number of methoxy groups -OCH3 is 1. The number of aromatic nitrogens is 1. The second-order valence-corrected chi connectivity index (χ2v) is 7.56. The molecule has 0 radical (unpaired) electrons. The summed E-state index contributed by atoms with van der Waals surface area (Å²) in [6.45, 7) is 0.614. The van der Waals surface area contributed by atoms with Crippen LogP contribution in [0.25, 0.3) is 10.2 Å². The van der Waals surface area contributed by atoms with Crippen molar-refractivity contribution in [3.63, 3.8) is 0 Å². The summed E-state index contributed by atoms with van der Waals surface area (Å²) >= 11 is 7.61. The molecule has 0 aliphatic carbocycles. The van der Waals surface area contributed by atoms with E-state index in [1.54, 1.807) is 30.2 Å². The first kappa shape index (κ1) is 17.8. The smallest absolute Gasteiger partial charge is 0.257 e. The molecule has 0 atom stereocenters. The molecule has 6 nitrogen and oxygen atoms in total. The molecule has 138 valence electrons. The number of nitrogens with one attached hydrogen (secondary N) is 1. The van der Waals surface area contributed by atoms with E-state index < -0.39 is 0 Å². The monoisotopic (exact) mass is 401 g/mol. The minimum atomic E-state index is -0.300. The van der Waals surface area contributed by atoms with Crippen LogP contribution in [-0.2, 0) is 4.79 Å². The zero-order valence-corrected chi connectivity index (χ0v) is 16.1. The Balaban J connectivity index is 1.59. The van der Waals surface area contributed by atoms with Crippen molar-refractivity contribution < 1.29 is 14.3 Å². The molecule has 3 aromatic rings. The summed E-state index contributed by atoms with van der Waals surface area (Å²) < 4.78 is 6.13. The van der Waals surface area contributed by atoms with Crippen LogP contribution in [0.5, 0.6) is 5.75 Å². The number of nitrogens with zero attached hydrogens (tertiary/aromatic N) is 2. The lowest BCUT2D eigenvalue weighted by molar-refractivity contribution is -0.117. The number of thiazole rings is 1. The average Bonchev–Trinajstić information content (AvgIpc) is 3.26. The molecule has 4 rings (SSSR count). The highest BCUT2D eigenvalue weighted by atomic mass is 35.5. The van der Waals surface area contributed by atoms with Crippen molar-refractivity contribution in [3.8, 4) is 5.75 Å². The van der Waals surface area contributed by atoms with Crippen molar-refractivity contribution in [1.29, 1.82) is 0 Å². The Bertz CT molecular complexity index is 1050. The summed E-state index contributed by atoms with van der Waals surface area (Å²) in [5.74, 6) is 0.460. The van der Waals surface area contributed by atoms with E-state index in [1.807, 2.05) is 18.2 Å². The summed E-state index contributed by atoms with van der Waals surface area (Å²) in [6, 6.07) is 10.5. The normalized spacial score (nSPS) is 14.0. The summed E-state index contributed by atoms with van der Waals surface area (Å²) in [5.41, 5.74) is 1.78. The van der Waals surface area contributed by atoms with Crippen LogP contribution in [0.4, 0.5) is 10.8 Å². The van der Waals surface area contributed by atoms with Gasteiger partial charge in [-0.2, -0.15) is 0 Å². The van der Waals surface area contributed by atoms with Crippen molar-refractivity contribution in [2.45, 2.75) is 12.8 Å². The Morgan fingerprint density at radius 3 is 2.89 bits per heavy atom. The minimum Gasteiger partial charge on any atom is -0.497 e. The van der Waals surface area contributed by atoms with Crippen LogP contribution in [0.2, 0.25) is 5.02 Å². The summed E-state index contributed by atoms with van der Waals surface area (Å²) in [5, 5.41) is 3.76. The third-order valence-electron chi connectivity index (χ3n) is 4.39. The van der Waals surface area contributed by atoms with Gasteiger partial charge >= 0.3 is 0 Å². The van der Waals surface area contributed by atoms with Gasteiger partial charge in [-0.15, -0.1) is 0 Å². The quantitative estimate of drug-likeness (QED) is 0.706. The number of anilines is 2. The lowest BCUT2D eigenvalue weighted by atomic mass is 10.1. The first-order valence-electron chi connectivity index (χ1n) is 8.41. The van der Waals surface area contributed by atoms with E-state index in [2.05, 4.69) is 10.3 Å². The fourth-order valence-corrected chi connectivity index (χ4v) is 4.13. The predicted molar refractivity (Wildman–Crippen MR) is 107 cm³/mol. The van der Waals surface area contributed by atoms with E-state index in [0.29, 0.717) is 34.4 Å². The van der Waals surface area contributed by atoms with E-state index >= 15 is 0 Å². The van der Waals surface area contributed by atoms with Crippen LogP contribution in [0, 0.1) is 0 Å². The van der Waals surface area contributed by atoms with Gasteiger partial charge in [0.2, 0.25) is 5.91 Å². The van der Waals surface area contributed by atoms with Crippen LogP contribution in [0.1, 0.15) is 23.2 Å². The van der Waals surface area contributed by atoms with Gasteiger partial charge in [0.25, 0.3) is 5.91 Å². The zero-order valence-electron chi connectivity index (χ0n) is 14.5. The maximum atomic E-state index is 12.7. The zero-order chi connectivity index (χ0) is 19.0. The number of hydrogen-bond acceptors (Lipinski definition) is 5. The van der Waals surface area contributed by atoms with Crippen LogP contribution in [0.15, 0.2) is 36.4 Å². The molecule has 2 heterocycles. The molecule has 1 N–H and O–H groups in total.